The number of anilines is 2. The van der Waals surface area contributed by atoms with E-state index < -0.39 is 0 Å². The summed E-state index contributed by atoms with van der Waals surface area (Å²) in [4.78, 5) is 20.7. The van der Waals surface area contributed by atoms with Crippen LogP contribution in [0.15, 0.2) is 60.9 Å². The first kappa shape index (κ1) is 17.9. The fraction of sp³-hybridized carbons (Fsp3) is 0.150. The lowest BCUT2D eigenvalue weighted by molar-refractivity contribution is 0.102. The zero-order valence-electron chi connectivity index (χ0n) is 14.4. The van der Waals surface area contributed by atoms with Gasteiger partial charge in [-0.05, 0) is 36.6 Å². The maximum Gasteiger partial charge on any atom is 0.275 e. The Morgan fingerprint density at radius 1 is 1.08 bits per heavy atom. The Kier molecular flexibility index (Phi) is 5.81. The molecule has 0 saturated heterocycles. The molecule has 2 N–H and O–H groups in total. The minimum absolute atomic E-state index is 0.246. The Labute approximate surface area is 157 Å². The van der Waals surface area contributed by atoms with Gasteiger partial charge in [0.1, 0.15) is 11.5 Å². The molecular formula is C20H19ClN4O. The molecule has 0 aliphatic heterocycles. The van der Waals surface area contributed by atoms with Crippen LogP contribution in [0.3, 0.4) is 0 Å². The van der Waals surface area contributed by atoms with E-state index in [2.05, 4.69) is 32.7 Å². The predicted octanol–water partition coefficient (Wildman–Crippen LogP) is 4.35. The van der Waals surface area contributed by atoms with E-state index in [9.17, 15) is 4.79 Å². The van der Waals surface area contributed by atoms with Crippen LogP contribution in [0.1, 0.15) is 21.6 Å². The largest absolute Gasteiger partial charge is 0.368 e. The Morgan fingerprint density at radius 3 is 2.58 bits per heavy atom. The number of carbonyl (C=O) groups is 1. The van der Waals surface area contributed by atoms with Gasteiger partial charge in [0.05, 0.1) is 12.4 Å². The Bertz CT molecular complexity index is 882. The van der Waals surface area contributed by atoms with Crippen molar-refractivity contribution in [1.29, 1.82) is 0 Å². The minimum Gasteiger partial charge on any atom is -0.368 e. The van der Waals surface area contributed by atoms with E-state index in [4.69, 9.17) is 11.6 Å². The lowest BCUT2D eigenvalue weighted by Gasteiger charge is -2.08. The average molecular weight is 367 g/mol. The molecule has 0 fully saturated rings. The summed E-state index contributed by atoms with van der Waals surface area (Å²) in [5.41, 5.74) is 3.07. The zero-order chi connectivity index (χ0) is 18.4. The Morgan fingerprint density at radius 2 is 1.88 bits per heavy atom. The van der Waals surface area contributed by atoms with Crippen LogP contribution in [0.2, 0.25) is 5.02 Å². The Balaban J connectivity index is 1.54. The highest BCUT2D eigenvalue weighted by molar-refractivity contribution is 6.31. The molecule has 0 bridgehead atoms. The number of halogens is 1. The number of nitrogens with zero attached hydrogens (tertiary/aromatic N) is 2. The molecule has 26 heavy (non-hydrogen) atoms. The van der Waals surface area contributed by atoms with Crippen molar-refractivity contribution in [2.75, 3.05) is 17.2 Å². The standard InChI is InChI=1S/C20H19ClN4O/c1-14-7-8-16(11-17(14)21)25-20(26)18-12-24-19(13-23-18)22-10-9-15-5-3-2-4-6-15/h2-8,11-13H,9-10H2,1H3,(H,22,24)(H,25,26). The smallest absolute Gasteiger partial charge is 0.275 e. The van der Waals surface area contributed by atoms with Gasteiger partial charge >= 0.3 is 0 Å². The second-order valence-corrected chi connectivity index (χ2v) is 6.27. The van der Waals surface area contributed by atoms with Crippen molar-refractivity contribution in [3.8, 4) is 0 Å². The number of rotatable bonds is 6. The van der Waals surface area contributed by atoms with Gasteiger partial charge < -0.3 is 10.6 Å². The molecule has 1 aromatic heterocycles. The van der Waals surface area contributed by atoms with Crippen LogP contribution in [0.5, 0.6) is 0 Å². The summed E-state index contributed by atoms with van der Waals surface area (Å²) in [7, 11) is 0. The number of carbonyl (C=O) groups excluding carboxylic acids is 1. The van der Waals surface area contributed by atoms with E-state index >= 15 is 0 Å². The molecule has 0 aliphatic carbocycles. The third-order valence-corrected chi connectivity index (χ3v) is 4.28. The van der Waals surface area contributed by atoms with E-state index in [0.717, 1.165) is 18.5 Å². The number of nitrogens with one attached hydrogen (secondary N) is 2. The quantitative estimate of drug-likeness (QED) is 0.680. The summed E-state index contributed by atoms with van der Waals surface area (Å²) in [5.74, 6) is 0.309. The molecule has 0 atom stereocenters. The van der Waals surface area contributed by atoms with Gasteiger partial charge in [0.25, 0.3) is 5.91 Å². The summed E-state index contributed by atoms with van der Waals surface area (Å²) >= 11 is 6.07. The second-order valence-electron chi connectivity index (χ2n) is 5.87. The predicted molar refractivity (Wildman–Crippen MR) is 105 cm³/mol. The summed E-state index contributed by atoms with van der Waals surface area (Å²) in [6, 6.07) is 15.6. The molecule has 1 amide bonds. The van der Waals surface area contributed by atoms with Crippen LogP contribution in [0, 0.1) is 6.92 Å². The molecule has 5 nitrogen and oxygen atoms in total. The van der Waals surface area contributed by atoms with Crippen LogP contribution >= 0.6 is 11.6 Å². The van der Waals surface area contributed by atoms with E-state index in [-0.39, 0.29) is 11.6 Å². The van der Waals surface area contributed by atoms with Crippen molar-refractivity contribution in [2.24, 2.45) is 0 Å². The summed E-state index contributed by atoms with van der Waals surface area (Å²) in [6.45, 7) is 2.65. The topological polar surface area (TPSA) is 66.9 Å². The van der Waals surface area contributed by atoms with Gasteiger partial charge in [-0.3, -0.25) is 4.79 Å². The first-order valence-corrected chi connectivity index (χ1v) is 8.67. The molecule has 0 unspecified atom stereocenters. The molecule has 0 aliphatic rings. The molecule has 0 saturated carbocycles. The lowest BCUT2D eigenvalue weighted by Crippen LogP contribution is -2.15. The number of benzene rings is 2. The van der Waals surface area contributed by atoms with Gasteiger partial charge in [-0.15, -0.1) is 0 Å². The summed E-state index contributed by atoms with van der Waals surface area (Å²) in [5, 5.41) is 6.57. The van der Waals surface area contributed by atoms with Crippen LogP contribution in [-0.2, 0) is 6.42 Å². The number of aryl methyl sites for hydroxylation is 1. The van der Waals surface area contributed by atoms with E-state index in [0.29, 0.717) is 16.5 Å². The third-order valence-electron chi connectivity index (χ3n) is 3.88. The fourth-order valence-corrected chi connectivity index (χ4v) is 2.56. The first-order valence-electron chi connectivity index (χ1n) is 8.29. The molecule has 3 rings (SSSR count). The SMILES string of the molecule is Cc1ccc(NC(=O)c2cnc(NCCc3ccccc3)cn2)cc1Cl. The van der Waals surface area contributed by atoms with Gasteiger partial charge in [0.2, 0.25) is 0 Å². The molecule has 0 spiro atoms. The molecule has 6 heteroatoms. The van der Waals surface area contributed by atoms with Crippen molar-refractivity contribution in [1.82, 2.24) is 9.97 Å². The van der Waals surface area contributed by atoms with Gasteiger partial charge in [0, 0.05) is 17.3 Å². The van der Waals surface area contributed by atoms with Crippen molar-refractivity contribution in [3.63, 3.8) is 0 Å². The summed E-state index contributed by atoms with van der Waals surface area (Å²) < 4.78 is 0. The molecule has 0 radical (unpaired) electrons. The number of amides is 1. The summed E-state index contributed by atoms with van der Waals surface area (Å²) in [6.07, 6.45) is 3.90. The molecule has 1 heterocycles. The highest BCUT2D eigenvalue weighted by atomic mass is 35.5. The van der Waals surface area contributed by atoms with Crippen molar-refractivity contribution >= 4 is 29.0 Å². The number of hydrogen-bond acceptors (Lipinski definition) is 4. The molecule has 132 valence electrons. The first-order chi connectivity index (χ1) is 12.6. The molecular weight excluding hydrogens is 348 g/mol. The number of aromatic nitrogens is 2. The second kappa shape index (κ2) is 8.45. The molecule has 3 aromatic rings. The van der Waals surface area contributed by atoms with Crippen LogP contribution in [0.4, 0.5) is 11.5 Å². The highest BCUT2D eigenvalue weighted by Gasteiger charge is 2.09. The Hall–Kier alpha value is -2.92. The van der Waals surface area contributed by atoms with Crippen LogP contribution in [-0.4, -0.2) is 22.4 Å². The van der Waals surface area contributed by atoms with Crippen molar-refractivity contribution in [2.45, 2.75) is 13.3 Å². The van der Waals surface area contributed by atoms with Crippen LogP contribution < -0.4 is 10.6 Å². The monoisotopic (exact) mass is 366 g/mol. The number of hydrogen-bond donors (Lipinski definition) is 2. The van der Waals surface area contributed by atoms with Crippen molar-refractivity contribution in [3.05, 3.63) is 82.8 Å². The lowest BCUT2D eigenvalue weighted by atomic mass is 10.1. The van der Waals surface area contributed by atoms with Gasteiger partial charge in [-0.25, -0.2) is 9.97 Å². The van der Waals surface area contributed by atoms with Gasteiger partial charge in [0.15, 0.2) is 0 Å². The molecule has 2 aromatic carbocycles. The van der Waals surface area contributed by atoms with E-state index in [1.165, 1.54) is 11.8 Å². The van der Waals surface area contributed by atoms with E-state index in [1.54, 1.807) is 18.3 Å². The van der Waals surface area contributed by atoms with Crippen LogP contribution in [0.25, 0.3) is 0 Å². The normalized spacial score (nSPS) is 10.4. The highest BCUT2D eigenvalue weighted by Crippen LogP contribution is 2.20. The van der Waals surface area contributed by atoms with Crippen molar-refractivity contribution < 1.29 is 4.79 Å². The maximum atomic E-state index is 12.2. The minimum atomic E-state index is -0.326. The fourth-order valence-electron chi connectivity index (χ4n) is 2.38. The average Bonchev–Trinajstić information content (AvgIpc) is 2.66. The van der Waals surface area contributed by atoms with E-state index in [1.807, 2.05) is 31.2 Å². The third kappa shape index (κ3) is 4.80. The maximum absolute atomic E-state index is 12.2. The van der Waals surface area contributed by atoms with Gasteiger partial charge in [-0.1, -0.05) is 48.0 Å². The van der Waals surface area contributed by atoms with Gasteiger partial charge in [-0.2, -0.15) is 0 Å². The zero-order valence-corrected chi connectivity index (χ0v) is 15.1.